The molecule has 2 aromatic rings. The summed E-state index contributed by atoms with van der Waals surface area (Å²) in [4.78, 5) is 12.3. The Balaban J connectivity index is 1.88. The molecule has 0 saturated carbocycles. The van der Waals surface area contributed by atoms with E-state index < -0.39 is 0 Å². The summed E-state index contributed by atoms with van der Waals surface area (Å²) in [5.74, 6) is 0.114. The van der Waals surface area contributed by atoms with Crippen LogP contribution >= 0.6 is 0 Å². The van der Waals surface area contributed by atoms with E-state index in [-0.39, 0.29) is 5.91 Å². The second-order valence-corrected chi connectivity index (χ2v) is 6.53. The maximum Gasteiger partial charge on any atom is 0.234 e. The largest absolute Gasteiger partial charge is 0.288 e. The quantitative estimate of drug-likeness (QED) is 0.458. The van der Waals surface area contributed by atoms with Crippen molar-refractivity contribution in [3.05, 3.63) is 71.8 Å². The number of unbranched alkanes of at least 4 members (excludes halogenated alkanes) is 4. The zero-order valence-corrected chi connectivity index (χ0v) is 15.3. The molecule has 0 spiro atoms. The number of nitrogens with one attached hydrogen (secondary N) is 1. The minimum absolute atomic E-state index is 0.114. The van der Waals surface area contributed by atoms with Crippen molar-refractivity contribution >= 4 is 5.91 Å². The number of nitrogens with zero attached hydrogens (tertiary/aromatic N) is 1. The number of amides is 1. The molecular weight excluding hydrogens is 308 g/mol. The van der Waals surface area contributed by atoms with Gasteiger partial charge in [-0.1, -0.05) is 93.3 Å². The van der Waals surface area contributed by atoms with Crippen LogP contribution in [-0.4, -0.2) is 10.9 Å². The van der Waals surface area contributed by atoms with Crippen LogP contribution in [0.2, 0.25) is 0 Å². The van der Waals surface area contributed by atoms with Crippen molar-refractivity contribution in [2.45, 2.75) is 58.5 Å². The highest BCUT2D eigenvalue weighted by Gasteiger charge is 2.10. The molecular formula is C22H30N2O. The monoisotopic (exact) mass is 338 g/mol. The molecule has 0 fully saturated rings. The van der Waals surface area contributed by atoms with Gasteiger partial charge in [0.2, 0.25) is 5.91 Å². The van der Waals surface area contributed by atoms with Crippen LogP contribution in [0.4, 0.5) is 0 Å². The molecule has 0 radical (unpaired) electrons. The predicted octanol–water partition coefficient (Wildman–Crippen LogP) is 5.08. The van der Waals surface area contributed by atoms with Gasteiger partial charge in [-0.2, -0.15) is 0 Å². The number of hydrazine groups is 1. The molecule has 2 rings (SSSR count). The van der Waals surface area contributed by atoms with Gasteiger partial charge in [0.15, 0.2) is 0 Å². The van der Waals surface area contributed by atoms with E-state index in [4.69, 9.17) is 0 Å². The molecule has 0 aliphatic carbocycles. The van der Waals surface area contributed by atoms with Crippen LogP contribution in [0.1, 0.15) is 56.6 Å². The zero-order chi connectivity index (χ0) is 17.7. The average molecular weight is 338 g/mol. The van der Waals surface area contributed by atoms with Crippen LogP contribution in [0.3, 0.4) is 0 Å². The van der Waals surface area contributed by atoms with E-state index in [0.29, 0.717) is 19.5 Å². The first-order chi connectivity index (χ1) is 12.3. The highest BCUT2D eigenvalue weighted by Crippen LogP contribution is 2.09. The van der Waals surface area contributed by atoms with E-state index in [1.54, 1.807) is 0 Å². The van der Waals surface area contributed by atoms with E-state index in [0.717, 1.165) is 12.8 Å². The fraction of sp³-hybridized carbons (Fsp3) is 0.409. The van der Waals surface area contributed by atoms with Crippen molar-refractivity contribution < 1.29 is 4.79 Å². The third-order valence-corrected chi connectivity index (χ3v) is 4.22. The smallest absolute Gasteiger partial charge is 0.234 e. The van der Waals surface area contributed by atoms with Crippen LogP contribution in [0.25, 0.3) is 0 Å². The average Bonchev–Trinajstić information content (AvgIpc) is 2.63. The normalized spacial score (nSPS) is 10.8. The Bertz CT molecular complexity index is 556. The van der Waals surface area contributed by atoms with Crippen molar-refractivity contribution in [1.29, 1.82) is 0 Å². The summed E-state index contributed by atoms with van der Waals surface area (Å²) in [5, 5.41) is 2.01. The van der Waals surface area contributed by atoms with Crippen molar-refractivity contribution in [3.63, 3.8) is 0 Å². The number of hydrogen-bond donors (Lipinski definition) is 1. The fourth-order valence-corrected chi connectivity index (χ4v) is 2.86. The first-order valence-electron chi connectivity index (χ1n) is 9.40. The summed E-state index contributed by atoms with van der Waals surface area (Å²) in [6.45, 7) is 3.62. The molecule has 3 nitrogen and oxygen atoms in total. The molecule has 0 unspecified atom stereocenters. The molecule has 1 N–H and O–H groups in total. The molecule has 3 heteroatoms. The van der Waals surface area contributed by atoms with E-state index >= 15 is 0 Å². The van der Waals surface area contributed by atoms with Crippen LogP contribution in [0.15, 0.2) is 60.7 Å². The van der Waals surface area contributed by atoms with E-state index in [9.17, 15) is 4.79 Å². The molecule has 0 heterocycles. The lowest BCUT2D eigenvalue weighted by molar-refractivity contribution is -0.126. The third-order valence-electron chi connectivity index (χ3n) is 4.22. The molecule has 0 aliphatic heterocycles. The lowest BCUT2D eigenvalue weighted by Crippen LogP contribution is -2.41. The minimum atomic E-state index is 0.114. The molecule has 25 heavy (non-hydrogen) atoms. The Morgan fingerprint density at radius 3 is 1.84 bits per heavy atom. The summed E-state index contributed by atoms with van der Waals surface area (Å²) in [7, 11) is 0. The Morgan fingerprint density at radius 2 is 1.32 bits per heavy atom. The Labute approximate surface area is 152 Å². The highest BCUT2D eigenvalue weighted by molar-refractivity contribution is 5.75. The summed E-state index contributed by atoms with van der Waals surface area (Å²) in [6, 6.07) is 20.5. The Hall–Kier alpha value is -2.13. The van der Waals surface area contributed by atoms with Gasteiger partial charge in [0.25, 0.3) is 0 Å². The number of hydrogen-bond acceptors (Lipinski definition) is 2. The highest BCUT2D eigenvalue weighted by atomic mass is 16.2. The van der Waals surface area contributed by atoms with Gasteiger partial charge in [-0.25, -0.2) is 5.01 Å². The van der Waals surface area contributed by atoms with Gasteiger partial charge >= 0.3 is 0 Å². The molecule has 0 bridgehead atoms. The topological polar surface area (TPSA) is 32.3 Å². The van der Waals surface area contributed by atoms with Crippen LogP contribution in [0, 0.1) is 0 Å². The predicted molar refractivity (Wildman–Crippen MR) is 104 cm³/mol. The molecule has 1 amide bonds. The summed E-state index contributed by atoms with van der Waals surface area (Å²) in [5.41, 5.74) is 5.49. The molecule has 0 saturated heterocycles. The van der Waals surface area contributed by atoms with Crippen molar-refractivity contribution in [1.82, 2.24) is 10.4 Å². The van der Waals surface area contributed by atoms with Gasteiger partial charge < -0.3 is 0 Å². The van der Waals surface area contributed by atoms with Crippen molar-refractivity contribution in [2.24, 2.45) is 0 Å². The zero-order valence-electron chi connectivity index (χ0n) is 15.3. The van der Waals surface area contributed by atoms with E-state index in [2.05, 4.69) is 36.6 Å². The minimum Gasteiger partial charge on any atom is -0.288 e. The standard InChI is InChI=1S/C22H30N2O/c1-2-3-4-5-12-17-22(25)23-24(18-20-13-8-6-9-14-20)19-21-15-10-7-11-16-21/h6-11,13-16H,2-5,12,17-19H2,1H3,(H,23,25). The second kappa shape index (κ2) is 11.4. The molecule has 0 aromatic heterocycles. The molecule has 0 atom stereocenters. The summed E-state index contributed by atoms with van der Waals surface area (Å²) in [6.07, 6.45) is 6.42. The Morgan fingerprint density at radius 1 is 0.800 bits per heavy atom. The lowest BCUT2D eigenvalue weighted by atomic mass is 10.1. The number of carbonyl (C=O) groups is 1. The van der Waals surface area contributed by atoms with Gasteiger partial charge in [0, 0.05) is 19.5 Å². The SMILES string of the molecule is CCCCCCCC(=O)NN(Cc1ccccc1)Cc1ccccc1. The van der Waals surface area contributed by atoms with Gasteiger partial charge in [0.1, 0.15) is 0 Å². The number of benzene rings is 2. The first-order valence-corrected chi connectivity index (χ1v) is 9.40. The van der Waals surface area contributed by atoms with Crippen molar-refractivity contribution in [2.75, 3.05) is 0 Å². The summed E-state index contributed by atoms with van der Waals surface area (Å²) >= 11 is 0. The summed E-state index contributed by atoms with van der Waals surface area (Å²) < 4.78 is 0. The van der Waals surface area contributed by atoms with Crippen LogP contribution < -0.4 is 5.43 Å². The van der Waals surface area contributed by atoms with E-state index in [1.807, 2.05) is 41.4 Å². The lowest BCUT2D eigenvalue weighted by Gasteiger charge is -2.23. The van der Waals surface area contributed by atoms with E-state index in [1.165, 1.54) is 30.4 Å². The second-order valence-electron chi connectivity index (χ2n) is 6.53. The van der Waals surface area contributed by atoms with Crippen molar-refractivity contribution in [3.8, 4) is 0 Å². The van der Waals surface area contributed by atoms with Gasteiger partial charge in [-0.3, -0.25) is 10.2 Å². The molecule has 0 aliphatic rings. The van der Waals surface area contributed by atoms with Gasteiger partial charge in [-0.15, -0.1) is 0 Å². The van der Waals surface area contributed by atoms with Gasteiger partial charge in [-0.05, 0) is 17.5 Å². The Kier molecular flexibility index (Phi) is 8.78. The van der Waals surface area contributed by atoms with Crippen LogP contribution in [0.5, 0.6) is 0 Å². The molecule has 134 valence electrons. The molecule has 2 aromatic carbocycles. The van der Waals surface area contributed by atoms with Crippen LogP contribution in [-0.2, 0) is 17.9 Å². The fourth-order valence-electron chi connectivity index (χ4n) is 2.86. The van der Waals surface area contributed by atoms with Gasteiger partial charge in [0.05, 0.1) is 0 Å². The first kappa shape index (κ1) is 19.2. The number of carbonyl (C=O) groups excluding carboxylic acids is 1. The third kappa shape index (κ3) is 7.99. The number of rotatable bonds is 11. The maximum atomic E-state index is 12.3. The maximum absolute atomic E-state index is 12.3.